The standard InChI is InChI=1S/C13H25N3O/c1-2-14-13(17)7-9-16(12-5-6-12)10-11-4-3-8-15-11/h11-12,15H,2-10H2,1H3,(H,14,17). The molecule has 4 heteroatoms. The monoisotopic (exact) mass is 239 g/mol. The molecule has 0 aromatic heterocycles. The van der Waals surface area contributed by atoms with Crippen LogP contribution in [0.25, 0.3) is 0 Å². The van der Waals surface area contributed by atoms with Gasteiger partial charge in [0, 0.05) is 38.1 Å². The predicted molar refractivity (Wildman–Crippen MR) is 68.9 cm³/mol. The minimum atomic E-state index is 0.192. The zero-order valence-corrected chi connectivity index (χ0v) is 10.9. The first-order valence-corrected chi connectivity index (χ1v) is 7.03. The molecule has 0 spiro atoms. The summed E-state index contributed by atoms with van der Waals surface area (Å²) in [6.45, 7) is 5.93. The third kappa shape index (κ3) is 4.28. The Kier molecular flexibility index (Phi) is 4.80. The van der Waals surface area contributed by atoms with Crippen LogP contribution in [-0.2, 0) is 4.79 Å². The summed E-state index contributed by atoms with van der Waals surface area (Å²) in [6, 6.07) is 1.41. The Balaban J connectivity index is 1.70. The SMILES string of the molecule is CCNC(=O)CCN(CC1CCCN1)C1CC1. The maximum Gasteiger partial charge on any atom is 0.221 e. The molecule has 0 radical (unpaired) electrons. The number of amides is 1. The van der Waals surface area contributed by atoms with E-state index in [2.05, 4.69) is 15.5 Å². The fourth-order valence-corrected chi connectivity index (χ4v) is 2.59. The van der Waals surface area contributed by atoms with Crippen LogP contribution in [0.3, 0.4) is 0 Å². The van der Waals surface area contributed by atoms with E-state index in [9.17, 15) is 4.79 Å². The third-order valence-corrected chi connectivity index (χ3v) is 3.68. The van der Waals surface area contributed by atoms with Gasteiger partial charge in [-0.05, 0) is 39.2 Å². The molecule has 0 aromatic rings. The largest absolute Gasteiger partial charge is 0.356 e. The summed E-state index contributed by atoms with van der Waals surface area (Å²) in [4.78, 5) is 14.0. The first-order valence-electron chi connectivity index (χ1n) is 7.03. The van der Waals surface area contributed by atoms with Crippen molar-refractivity contribution in [3.63, 3.8) is 0 Å². The van der Waals surface area contributed by atoms with Gasteiger partial charge in [-0.15, -0.1) is 0 Å². The van der Waals surface area contributed by atoms with E-state index in [-0.39, 0.29) is 5.91 Å². The van der Waals surface area contributed by atoms with Crippen LogP contribution in [0.15, 0.2) is 0 Å². The van der Waals surface area contributed by atoms with E-state index in [0.29, 0.717) is 12.5 Å². The Morgan fingerprint density at radius 1 is 1.41 bits per heavy atom. The fourth-order valence-electron chi connectivity index (χ4n) is 2.59. The van der Waals surface area contributed by atoms with Crippen LogP contribution >= 0.6 is 0 Å². The van der Waals surface area contributed by atoms with Crippen molar-refractivity contribution in [3.05, 3.63) is 0 Å². The quantitative estimate of drug-likeness (QED) is 0.688. The Morgan fingerprint density at radius 3 is 2.82 bits per heavy atom. The van der Waals surface area contributed by atoms with Crippen LogP contribution in [-0.4, -0.2) is 49.1 Å². The molecule has 17 heavy (non-hydrogen) atoms. The summed E-state index contributed by atoms with van der Waals surface area (Å²) in [5.74, 6) is 0.192. The van der Waals surface area contributed by atoms with Crippen LogP contribution in [0, 0.1) is 0 Å². The van der Waals surface area contributed by atoms with Crippen LogP contribution < -0.4 is 10.6 Å². The molecule has 0 aromatic carbocycles. The van der Waals surface area contributed by atoms with Crippen molar-refractivity contribution in [1.82, 2.24) is 15.5 Å². The summed E-state index contributed by atoms with van der Waals surface area (Å²) in [7, 11) is 0. The van der Waals surface area contributed by atoms with E-state index >= 15 is 0 Å². The molecule has 0 bridgehead atoms. The van der Waals surface area contributed by atoms with Gasteiger partial charge in [-0.1, -0.05) is 0 Å². The molecule has 1 aliphatic heterocycles. The zero-order chi connectivity index (χ0) is 12.1. The lowest BCUT2D eigenvalue weighted by atomic mass is 10.2. The van der Waals surface area contributed by atoms with Gasteiger partial charge in [-0.25, -0.2) is 0 Å². The summed E-state index contributed by atoms with van der Waals surface area (Å²) in [5, 5.41) is 6.41. The van der Waals surface area contributed by atoms with Crippen molar-refractivity contribution in [2.45, 2.75) is 51.1 Å². The highest BCUT2D eigenvalue weighted by Crippen LogP contribution is 2.27. The van der Waals surface area contributed by atoms with Crippen molar-refractivity contribution in [1.29, 1.82) is 0 Å². The number of carbonyl (C=O) groups excluding carboxylic acids is 1. The molecule has 1 amide bonds. The number of rotatable bonds is 7. The van der Waals surface area contributed by atoms with Crippen molar-refractivity contribution < 1.29 is 4.79 Å². The van der Waals surface area contributed by atoms with Gasteiger partial charge in [-0.3, -0.25) is 9.69 Å². The second-order valence-corrected chi connectivity index (χ2v) is 5.22. The van der Waals surface area contributed by atoms with E-state index in [1.165, 1.54) is 32.2 Å². The molecule has 2 aliphatic rings. The van der Waals surface area contributed by atoms with Gasteiger partial charge in [0.05, 0.1) is 0 Å². The van der Waals surface area contributed by atoms with Crippen LogP contribution in [0.1, 0.15) is 39.0 Å². The van der Waals surface area contributed by atoms with Gasteiger partial charge < -0.3 is 10.6 Å². The molecule has 1 saturated heterocycles. The molecule has 1 unspecified atom stereocenters. The van der Waals surface area contributed by atoms with E-state index in [4.69, 9.17) is 0 Å². The Hall–Kier alpha value is -0.610. The molecular weight excluding hydrogens is 214 g/mol. The lowest BCUT2D eigenvalue weighted by Crippen LogP contribution is -2.40. The molecule has 1 saturated carbocycles. The third-order valence-electron chi connectivity index (χ3n) is 3.68. The van der Waals surface area contributed by atoms with Crippen molar-refractivity contribution in [2.75, 3.05) is 26.2 Å². The van der Waals surface area contributed by atoms with Crippen LogP contribution in [0.4, 0.5) is 0 Å². The zero-order valence-electron chi connectivity index (χ0n) is 10.9. The fraction of sp³-hybridized carbons (Fsp3) is 0.923. The predicted octanol–water partition coefficient (Wildman–Crippen LogP) is 0.729. The van der Waals surface area contributed by atoms with Gasteiger partial charge in [-0.2, -0.15) is 0 Å². The summed E-state index contributed by atoms with van der Waals surface area (Å²) < 4.78 is 0. The Morgan fingerprint density at radius 2 is 2.24 bits per heavy atom. The van der Waals surface area contributed by atoms with Crippen LogP contribution in [0.2, 0.25) is 0 Å². The summed E-state index contributed by atoms with van der Waals surface area (Å²) in [5.41, 5.74) is 0. The molecule has 2 fully saturated rings. The topological polar surface area (TPSA) is 44.4 Å². The molecule has 2 N–H and O–H groups in total. The van der Waals surface area contributed by atoms with Crippen molar-refractivity contribution in [3.8, 4) is 0 Å². The van der Waals surface area contributed by atoms with E-state index < -0.39 is 0 Å². The van der Waals surface area contributed by atoms with E-state index in [1.54, 1.807) is 0 Å². The summed E-state index contributed by atoms with van der Waals surface area (Å²) in [6.07, 6.45) is 5.89. The second-order valence-electron chi connectivity index (χ2n) is 5.22. The first-order chi connectivity index (χ1) is 8.29. The van der Waals surface area contributed by atoms with Gasteiger partial charge in [0.1, 0.15) is 0 Å². The number of hydrogen-bond donors (Lipinski definition) is 2. The normalized spacial score (nSPS) is 24.2. The highest BCUT2D eigenvalue weighted by Gasteiger charge is 2.31. The molecule has 98 valence electrons. The van der Waals surface area contributed by atoms with Crippen molar-refractivity contribution >= 4 is 5.91 Å². The molecule has 1 atom stereocenters. The molecule has 2 rings (SSSR count). The van der Waals surface area contributed by atoms with Gasteiger partial charge in [0.15, 0.2) is 0 Å². The minimum absolute atomic E-state index is 0.192. The lowest BCUT2D eigenvalue weighted by Gasteiger charge is -2.25. The summed E-state index contributed by atoms with van der Waals surface area (Å²) >= 11 is 0. The van der Waals surface area contributed by atoms with E-state index in [0.717, 1.165) is 25.7 Å². The number of hydrogen-bond acceptors (Lipinski definition) is 3. The van der Waals surface area contributed by atoms with Gasteiger partial charge in [0.25, 0.3) is 0 Å². The second kappa shape index (κ2) is 6.36. The average Bonchev–Trinajstić information content (AvgIpc) is 3.03. The molecule has 4 nitrogen and oxygen atoms in total. The highest BCUT2D eigenvalue weighted by atomic mass is 16.1. The average molecular weight is 239 g/mol. The highest BCUT2D eigenvalue weighted by molar-refractivity contribution is 5.75. The maximum atomic E-state index is 11.5. The van der Waals surface area contributed by atoms with Gasteiger partial charge >= 0.3 is 0 Å². The molecule has 1 heterocycles. The number of nitrogens with zero attached hydrogens (tertiary/aromatic N) is 1. The first kappa shape index (κ1) is 12.8. The Labute approximate surface area is 104 Å². The minimum Gasteiger partial charge on any atom is -0.356 e. The lowest BCUT2D eigenvalue weighted by molar-refractivity contribution is -0.121. The number of carbonyl (C=O) groups is 1. The smallest absolute Gasteiger partial charge is 0.221 e. The van der Waals surface area contributed by atoms with E-state index in [1.807, 2.05) is 6.92 Å². The Bertz CT molecular complexity index is 247. The van der Waals surface area contributed by atoms with Gasteiger partial charge in [0.2, 0.25) is 5.91 Å². The molecular formula is C13H25N3O. The maximum absolute atomic E-state index is 11.5. The van der Waals surface area contributed by atoms with Crippen molar-refractivity contribution in [2.24, 2.45) is 0 Å². The molecule has 1 aliphatic carbocycles. The van der Waals surface area contributed by atoms with Crippen LogP contribution in [0.5, 0.6) is 0 Å². The number of nitrogens with one attached hydrogen (secondary N) is 2.